The lowest BCUT2D eigenvalue weighted by atomic mass is 9.96. The number of methoxy groups -OCH3 is 1. The minimum Gasteiger partial charge on any atom is -0.496 e. The Bertz CT molecular complexity index is 519. The highest BCUT2D eigenvalue weighted by atomic mass is 16.5. The van der Waals surface area contributed by atoms with E-state index in [0.29, 0.717) is 6.10 Å². The van der Waals surface area contributed by atoms with E-state index in [1.807, 2.05) is 0 Å². The van der Waals surface area contributed by atoms with Crippen LogP contribution in [0.15, 0.2) is 6.07 Å². The molecule has 1 aliphatic heterocycles. The highest BCUT2D eigenvalue weighted by Crippen LogP contribution is 2.35. The number of fused-ring (bicyclic) bond motifs is 1. The second-order valence-electron chi connectivity index (χ2n) is 6.62. The molecule has 3 heteroatoms. The molecule has 122 valence electrons. The van der Waals surface area contributed by atoms with Gasteiger partial charge in [0.05, 0.1) is 13.2 Å². The quantitative estimate of drug-likeness (QED) is 0.831. The number of hydrogen-bond donors (Lipinski definition) is 0. The molecule has 1 saturated heterocycles. The van der Waals surface area contributed by atoms with E-state index in [0.717, 1.165) is 44.8 Å². The van der Waals surface area contributed by atoms with Gasteiger partial charge in [0.2, 0.25) is 0 Å². The smallest absolute Gasteiger partial charge is 0.123 e. The van der Waals surface area contributed by atoms with E-state index in [4.69, 9.17) is 9.47 Å². The summed E-state index contributed by atoms with van der Waals surface area (Å²) >= 11 is 0. The van der Waals surface area contributed by atoms with E-state index >= 15 is 0 Å². The monoisotopic (exact) mass is 303 g/mol. The van der Waals surface area contributed by atoms with Gasteiger partial charge in [-0.25, -0.2) is 0 Å². The van der Waals surface area contributed by atoms with Crippen molar-refractivity contribution >= 4 is 0 Å². The van der Waals surface area contributed by atoms with Gasteiger partial charge in [0.15, 0.2) is 0 Å². The molecule has 3 nitrogen and oxygen atoms in total. The number of nitrogens with zero attached hydrogens (tertiary/aromatic N) is 1. The highest BCUT2D eigenvalue weighted by molar-refractivity contribution is 5.51. The van der Waals surface area contributed by atoms with Gasteiger partial charge in [-0.3, -0.25) is 4.90 Å². The fraction of sp³-hybridized carbons (Fsp3) is 0.684. The number of hydrogen-bond acceptors (Lipinski definition) is 3. The Morgan fingerprint density at radius 2 is 1.91 bits per heavy atom. The lowest BCUT2D eigenvalue weighted by molar-refractivity contribution is 0.0123. The molecule has 1 aromatic carbocycles. The van der Waals surface area contributed by atoms with Crippen molar-refractivity contribution in [3.63, 3.8) is 0 Å². The zero-order valence-corrected chi connectivity index (χ0v) is 14.3. The largest absolute Gasteiger partial charge is 0.496 e. The van der Waals surface area contributed by atoms with E-state index in [1.165, 1.54) is 30.4 Å². The van der Waals surface area contributed by atoms with Crippen LogP contribution < -0.4 is 4.74 Å². The Morgan fingerprint density at radius 3 is 2.59 bits per heavy atom. The van der Waals surface area contributed by atoms with Crippen LogP contribution in [-0.4, -0.2) is 37.8 Å². The van der Waals surface area contributed by atoms with Gasteiger partial charge in [-0.05, 0) is 68.7 Å². The van der Waals surface area contributed by atoms with Crippen molar-refractivity contribution < 1.29 is 9.47 Å². The Hall–Kier alpha value is -1.06. The minimum atomic E-state index is 0.465. The van der Waals surface area contributed by atoms with Crippen LogP contribution in [0.4, 0.5) is 0 Å². The predicted octanol–water partition coefficient (Wildman–Crippen LogP) is 3.49. The zero-order chi connectivity index (χ0) is 15.5. The molecule has 22 heavy (non-hydrogen) atoms. The van der Waals surface area contributed by atoms with Crippen molar-refractivity contribution in [2.24, 2.45) is 0 Å². The first-order chi connectivity index (χ1) is 10.7. The Kier molecular flexibility index (Phi) is 5.04. The average Bonchev–Trinajstić information content (AvgIpc) is 3.02. The van der Waals surface area contributed by atoms with Crippen LogP contribution in [0.5, 0.6) is 5.75 Å². The first-order valence-electron chi connectivity index (χ1n) is 8.75. The molecular formula is C19H29NO2. The lowest BCUT2D eigenvalue weighted by Crippen LogP contribution is -2.36. The van der Waals surface area contributed by atoms with E-state index in [-0.39, 0.29) is 0 Å². The van der Waals surface area contributed by atoms with Crippen molar-refractivity contribution in [1.29, 1.82) is 0 Å². The normalized spacial score (nSPS) is 19.4. The van der Waals surface area contributed by atoms with Crippen molar-refractivity contribution in [2.45, 2.75) is 58.6 Å². The van der Waals surface area contributed by atoms with E-state index in [9.17, 15) is 0 Å². The van der Waals surface area contributed by atoms with Gasteiger partial charge in [-0.15, -0.1) is 0 Å². The van der Waals surface area contributed by atoms with Gasteiger partial charge in [-0.2, -0.15) is 0 Å². The summed E-state index contributed by atoms with van der Waals surface area (Å²) < 4.78 is 11.5. The van der Waals surface area contributed by atoms with Gasteiger partial charge < -0.3 is 9.47 Å². The fourth-order valence-electron chi connectivity index (χ4n) is 4.08. The summed E-state index contributed by atoms with van der Waals surface area (Å²) in [6, 6.07) is 2.24. The molecule has 0 aromatic heterocycles. The van der Waals surface area contributed by atoms with Gasteiger partial charge in [0, 0.05) is 31.8 Å². The van der Waals surface area contributed by atoms with E-state index in [2.05, 4.69) is 24.8 Å². The number of ether oxygens (including phenoxy) is 2. The van der Waals surface area contributed by atoms with Crippen LogP contribution >= 0.6 is 0 Å². The van der Waals surface area contributed by atoms with Crippen molar-refractivity contribution in [3.8, 4) is 5.75 Å². The molecule has 0 bridgehead atoms. The lowest BCUT2D eigenvalue weighted by Gasteiger charge is -2.32. The third-order valence-electron chi connectivity index (χ3n) is 5.24. The summed E-state index contributed by atoms with van der Waals surface area (Å²) in [6.07, 6.45) is 6.53. The third kappa shape index (κ3) is 3.16. The third-order valence-corrected chi connectivity index (χ3v) is 5.24. The maximum atomic E-state index is 5.76. The Morgan fingerprint density at radius 1 is 1.18 bits per heavy atom. The van der Waals surface area contributed by atoms with Gasteiger partial charge in [0.25, 0.3) is 0 Å². The number of likely N-dealkylation sites (tertiary alicyclic amines) is 1. The molecule has 3 rings (SSSR count). The summed E-state index contributed by atoms with van der Waals surface area (Å²) in [5, 5.41) is 0. The van der Waals surface area contributed by atoms with Crippen molar-refractivity contribution in [1.82, 2.24) is 4.90 Å². The summed E-state index contributed by atoms with van der Waals surface area (Å²) in [6.45, 7) is 8.46. The molecule has 1 aliphatic carbocycles. The van der Waals surface area contributed by atoms with Crippen LogP contribution in [0.25, 0.3) is 0 Å². The standard InChI is InChI=1S/C19H29NO2/c1-4-22-15-8-10-20(11-9-15)13-18-17-7-5-6-16(17)14(2)12-19(18)21-3/h12,15H,4-11,13H2,1-3H3. The second kappa shape index (κ2) is 7.01. The Balaban J connectivity index is 1.74. The average molecular weight is 303 g/mol. The van der Waals surface area contributed by atoms with E-state index in [1.54, 1.807) is 18.2 Å². The molecule has 1 heterocycles. The van der Waals surface area contributed by atoms with Crippen molar-refractivity contribution in [3.05, 3.63) is 28.3 Å². The number of piperidine rings is 1. The van der Waals surface area contributed by atoms with Gasteiger partial charge >= 0.3 is 0 Å². The summed E-state index contributed by atoms with van der Waals surface area (Å²) in [5.41, 5.74) is 6.00. The number of aryl methyl sites for hydroxylation is 1. The maximum absolute atomic E-state index is 5.76. The fourth-order valence-corrected chi connectivity index (χ4v) is 4.08. The summed E-state index contributed by atoms with van der Waals surface area (Å²) in [4.78, 5) is 2.57. The van der Waals surface area contributed by atoms with E-state index < -0.39 is 0 Å². The number of rotatable bonds is 5. The second-order valence-corrected chi connectivity index (χ2v) is 6.62. The number of benzene rings is 1. The first kappa shape index (κ1) is 15.8. The molecule has 0 N–H and O–H groups in total. The van der Waals surface area contributed by atoms with Gasteiger partial charge in [-0.1, -0.05) is 0 Å². The van der Waals surface area contributed by atoms with Crippen LogP contribution in [0, 0.1) is 6.92 Å². The SMILES string of the molecule is CCOC1CCN(Cc2c(OC)cc(C)c3c2CCC3)CC1. The Labute approximate surface area is 134 Å². The minimum absolute atomic E-state index is 0.465. The van der Waals surface area contributed by atoms with Crippen LogP contribution in [0.1, 0.15) is 48.4 Å². The molecule has 0 spiro atoms. The van der Waals surface area contributed by atoms with Crippen LogP contribution in [0.3, 0.4) is 0 Å². The maximum Gasteiger partial charge on any atom is 0.123 e. The molecule has 0 atom stereocenters. The van der Waals surface area contributed by atoms with Crippen LogP contribution in [0.2, 0.25) is 0 Å². The molecule has 0 saturated carbocycles. The molecule has 0 radical (unpaired) electrons. The first-order valence-corrected chi connectivity index (χ1v) is 8.75. The molecule has 2 aliphatic rings. The van der Waals surface area contributed by atoms with Crippen molar-refractivity contribution in [2.75, 3.05) is 26.8 Å². The molecule has 1 fully saturated rings. The predicted molar refractivity (Wildman–Crippen MR) is 89.7 cm³/mol. The molecule has 0 amide bonds. The summed E-state index contributed by atoms with van der Waals surface area (Å²) in [5.74, 6) is 1.09. The highest BCUT2D eigenvalue weighted by Gasteiger charge is 2.25. The zero-order valence-electron chi connectivity index (χ0n) is 14.3. The molecule has 0 unspecified atom stereocenters. The molecule has 1 aromatic rings. The van der Waals surface area contributed by atoms with Crippen LogP contribution in [-0.2, 0) is 24.1 Å². The molecular weight excluding hydrogens is 274 g/mol. The topological polar surface area (TPSA) is 21.7 Å². The summed E-state index contributed by atoms with van der Waals surface area (Å²) in [7, 11) is 1.81. The van der Waals surface area contributed by atoms with Gasteiger partial charge in [0.1, 0.15) is 5.75 Å².